The van der Waals surface area contributed by atoms with Gasteiger partial charge in [0.1, 0.15) is 5.69 Å². The molecule has 4 heteroatoms. The first kappa shape index (κ1) is 12.5. The van der Waals surface area contributed by atoms with Gasteiger partial charge in [-0.05, 0) is 25.0 Å². The molecule has 0 radical (unpaired) electrons. The quantitative estimate of drug-likeness (QED) is 0.820. The third kappa shape index (κ3) is 2.84. The monoisotopic (exact) mass is 242 g/mol. The fourth-order valence-electron chi connectivity index (χ4n) is 1.69. The van der Waals surface area contributed by atoms with Gasteiger partial charge in [0.25, 0.3) is 0 Å². The van der Waals surface area contributed by atoms with Gasteiger partial charge in [0.15, 0.2) is 0 Å². The number of aromatic nitrogens is 3. The zero-order valence-electron chi connectivity index (χ0n) is 10.6. The summed E-state index contributed by atoms with van der Waals surface area (Å²) < 4.78 is 0. The molecule has 0 amide bonds. The van der Waals surface area contributed by atoms with Gasteiger partial charge in [0.2, 0.25) is 0 Å². The molecule has 0 bridgehead atoms. The minimum absolute atomic E-state index is 0.130. The first-order chi connectivity index (χ1) is 8.70. The number of hydrogen-bond acceptors (Lipinski definition) is 3. The fourth-order valence-corrected chi connectivity index (χ4v) is 1.69. The molecular weight excluding hydrogens is 224 g/mol. The zero-order valence-corrected chi connectivity index (χ0v) is 10.6. The predicted octanol–water partition coefficient (Wildman–Crippen LogP) is 2.62. The Bertz CT molecular complexity index is 516. The van der Waals surface area contributed by atoms with Crippen LogP contribution < -0.4 is 5.73 Å². The van der Waals surface area contributed by atoms with Crippen molar-refractivity contribution in [2.24, 2.45) is 5.73 Å². The highest BCUT2D eigenvalue weighted by molar-refractivity contribution is 5.28. The molecule has 0 aliphatic heterocycles. The first-order valence-electron chi connectivity index (χ1n) is 6.10. The van der Waals surface area contributed by atoms with Gasteiger partial charge >= 0.3 is 0 Å². The molecule has 1 atom stereocenters. The van der Waals surface area contributed by atoms with E-state index in [0.717, 1.165) is 29.8 Å². The van der Waals surface area contributed by atoms with Crippen molar-refractivity contribution in [3.05, 3.63) is 54.4 Å². The lowest BCUT2D eigenvalue weighted by Gasteiger charge is -2.08. The van der Waals surface area contributed by atoms with E-state index in [0.29, 0.717) is 0 Å². The lowest BCUT2D eigenvalue weighted by molar-refractivity contribution is 0.655. The Morgan fingerprint density at radius 1 is 1.39 bits per heavy atom. The Labute approximate surface area is 107 Å². The molecule has 1 unspecified atom stereocenters. The van der Waals surface area contributed by atoms with Gasteiger partial charge < -0.3 is 5.73 Å². The number of nitrogens with zero attached hydrogens (tertiary/aromatic N) is 3. The van der Waals surface area contributed by atoms with E-state index in [1.54, 1.807) is 11.0 Å². The molecule has 18 heavy (non-hydrogen) atoms. The molecule has 1 aromatic carbocycles. The topological polar surface area (TPSA) is 56.7 Å². The number of para-hydroxylation sites is 1. The van der Waals surface area contributed by atoms with E-state index in [-0.39, 0.29) is 6.04 Å². The molecule has 2 N–H and O–H groups in total. The average molecular weight is 242 g/mol. The highest BCUT2D eigenvalue weighted by atomic mass is 15.5. The molecular formula is C14H18N4. The maximum absolute atomic E-state index is 6.09. The van der Waals surface area contributed by atoms with Crippen LogP contribution in [0.5, 0.6) is 0 Å². The summed E-state index contributed by atoms with van der Waals surface area (Å²) in [5, 5.41) is 8.64. The minimum Gasteiger partial charge on any atom is -0.322 e. The average Bonchev–Trinajstić information content (AvgIpc) is 2.89. The summed E-state index contributed by atoms with van der Waals surface area (Å²) in [7, 11) is 0. The summed E-state index contributed by atoms with van der Waals surface area (Å²) in [6.07, 6.45) is 3.42. The van der Waals surface area contributed by atoms with Gasteiger partial charge in [-0.2, -0.15) is 15.0 Å². The Morgan fingerprint density at radius 2 is 2.11 bits per heavy atom. The van der Waals surface area contributed by atoms with Crippen LogP contribution >= 0.6 is 0 Å². The second kappa shape index (κ2) is 5.60. The number of hydrogen-bond donors (Lipinski definition) is 1. The number of benzene rings is 1. The predicted molar refractivity (Wildman–Crippen MR) is 72.3 cm³/mol. The Balaban J connectivity index is 2.13. The molecule has 0 spiro atoms. The first-order valence-corrected chi connectivity index (χ1v) is 6.10. The maximum atomic E-state index is 6.09. The standard InChI is InChI=1S/C14H18N4/c1-3-11(2)9-13(15)14-10-16-18(17-14)12-7-5-4-6-8-12/h4-8,10,13H,2-3,9,15H2,1H3. The summed E-state index contributed by atoms with van der Waals surface area (Å²) in [5.74, 6) is 0. The van der Waals surface area contributed by atoms with E-state index in [4.69, 9.17) is 5.73 Å². The molecule has 4 nitrogen and oxygen atoms in total. The Hall–Kier alpha value is -1.94. The molecule has 0 aliphatic rings. The van der Waals surface area contributed by atoms with Gasteiger partial charge in [-0.1, -0.05) is 37.3 Å². The second-order valence-electron chi connectivity index (χ2n) is 4.31. The Morgan fingerprint density at radius 3 is 2.78 bits per heavy atom. The lowest BCUT2D eigenvalue weighted by Crippen LogP contribution is -2.12. The summed E-state index contributed by atoms with van der Waals surface area (Å²) in [4.78, 5) is 1.60. The highest BCUT2D eigenvalue weighted by Crippen LogP contribution is 2.17. The maximum Gasteiger partial charge on any atom is 0.100 e. The van der Waals surface area contributed by atoms with E-state index >= 15 is 0 Å². The van der Waals surface area contributed by atoms with Crippen molar-refractivity contribution in [2.75, 3.05) is 0 Å². The van der Waals surface area contributed by atoms with Crippen LogP contribution in [0.3, 0.4) is 0 Å². The van der Waals surface area contributed by atoms with Crippen molar-refractivity contribution in [3.8, 4) is 5.69 Å². The number of rotatable bonds is 5. The molecule has 1 heterocycles. The van der Waals surface area contributed by atoms with Gasteiger partial charge in [0.05, 0.1) is 17.9 Å². The third-order valence-electron chi connectivity index (χ3n) is 2.89. The smallest absolute Gasteiger partial charge is 0.100 e. The van der Waals surface area contributed by atoms with Crippen LogP contribution in [-0.4, -0.2) is 15.0 Å². The summed E-state index contributed by atoms with van der Waals surface area (Å²) in [6, 6.07) is 9.66. The normalized spacial score (nSPS) is 12.3. The molecule has 2 rings (SSSR count). The summed E-state index contributed by atoms with van der Waals surface area (Å²) in [5.41, 5.74) is 8.96. The van der Waals surface area contributed by atoms with Crippen LogP contribution in [0.4, 0.5) is 0 Å². The molecule has 2 aromatic rings. The van der Waals surface area contributed by atoms with E-state index in [1.165, 1.54) is 0 Å². The van der Waals surface area contributed by atoms with Crippen LogP contribution in [0.1, 0.15) is 31.5 Å². The van der Waals surface area contributed by atoms with Gasteiger partial charge in [0, 0.05) is 0 Å². The fraction of sp³-hybridized carbons (Fsp3) is 0.286. The second-order valence-corrected chi connectivity index (χ2v) is 4.31. The van der Waals surface area contributed by atoms with Crippen LogP contribution in [0.2, 0.25) is 0 Å². The molecule has 0 fully saturated rings. The number of nitrogens with two attached hydrogens (primary N) is 1. The van der Waals surface area contributed by atoms with E-state index in [1.807, 2.05) is 30.3 Å². The van der Waals surface area contributed by atoms with E-state index < -0.39 is 0 Å². The lowest BCUT2D eigenvalue weighted by atomic mass is 10.0. The minimum atomic E-state index is -0.130. The molecule has 0 aliphatic carbocycles. The molecule has 1 aromatic heterocycles. The molecule has 0 saturated heterocycles. The SMILES string of the molecule is C=C(CC)CC(N)c1cnn(-c2ccccc2)n1. The largest absolute Gasteiger partial charge is 0.322 e. The van der Waals surface area contributed by atoms with Crippen LogP contribution in [0.15, 0.2) is 48.7 Å². The van der Waals surface area contributed by atoms with Gasteiger partial charge in [-0.25, -0.2) is 0 Å². The van der Waals surface area contributed by atoms with Crippen molar-refractivity contribution in [2.45, 2.75) is 25.8 Å². The highest BCUT2D eigenvalue weighted by Gasteiger charge is 2.11. The van der Waals surface area contributed by atoms with Crippen molar-refractivity contribution < 1.29 is 0 Å². The van der Waals surface area contributed by atoms with Crippen molar-refractivity contribution in [3.63, 3.8) is 0 Å². The third-order valence-corrected chi connectivity index (χ3v) is 2.89. The zero-order chi connectivity index (χ0) is 13.0. The van der Waals surface area contributed by atoms with Crippen molar-refractivity contribution in [1.29, 1.82) is 0 Å². The summed E-state index contributed by atoms with van der Waals surface area (Å²) in [6.45, 7) is 6.05. The molecule has 0 saturated carbocycles. The van der Waals surface area contributed by atoms with E-state index in [2.05, 4.69) is 23.7 Å². The van der Waals surface area contributed by atoms with Crippen LogP contribution in [0.25, 0.3) is 5.69 Å². The Kier molecular flexibility index (Phi) is 3.89. The molecule has 94 valence electrons. The van der Waals surface area contributed by atoms with Gasteiger partial charge in [-0.15, -0.1) is 0 Å². The van der Waals surface area contributed by atoms with E-state index in [9.17, 15) is 0 Å². The van der Waals surface area contributed by atoms with Gasteiger partial charge in [-0.3, -0.25) is 0 Å². The van der Waals surface area contributed by atoms with Crippen LogP contribution in [0, 0.1) is 0 Å². The van der Waals surface area contributed by atoms with Crippen molar-refractivity contribution >= 4 is 0 Å². The summed E-state index contributed by atoms with van der Waals surface area (Å²) >= 11 is 0. The van der Waals surface area contributed by atoms with Crippen LogP contribution in [-0.2, 0) is 0 Å². The van der Waals surface area contributed by atoms with Crippen molar-refractivity contribution in [1.82, 2.24) is 15.0 Å².